The molecule has 5 aromatic rings. The average molecular weight is 422 g/mol. The first-order valence-corrected chi connectivity index (χ1v) is 10.4. The van der Waals surface area contributed by atoms with Crippen LogP contribution in [0.4, 0.5) is 0 Å². The molecule has 32 heavy (non-hydrogen) atoms. The van der Waals surface area contributed by atoms with Gasteiger partial charge in [0.15, 0.2) is 0 Å². The number of hydrogen-bond acceptors (Lipinski definition) is 3. The Morgan fingerprint density at radius 1 is 1.00 bits per heavy atom. The molecule has 0 aliphatic carbocycles. The molecule has 2 heterocycles. The molecule has 3 heteroatoms. The number of fused-ring (bicyclic) bond motifs is 3. The Kier molecular flexibility index (Phi) is 3.59. The standard InChI is InChI=1S/C29H24N2O/c1-29(2,3)17-20-12-14-22(24-11-7-8-16-31-24)27-26(20)23-15-13-21(18-30)25(28(23)32-27)19-9-5-4-6-10-19/h4-16H,17H2,1-3H3/i4D,5D,6D,9D,10D. The molecular formula is C29H24N2O. The molecule has 0 saturated heterocycles. The van der Waals surface area contributed by atoms with E-state index in [2.05, 4.69) is 37.9 Å². The lowest BCUT2D eigenvalue weighted by Gasteiger charge is -2.19. The largest absolute Gasteiger partial charge is 0.455 e. The van der Waals surface area contributed by atoms with Crippen LogP contribution in [0.25, 0.3) is 44.3 Å². The average Bonchev–Trinajstić information content (AvgIpc) is 3.26. The third kappa shape index (κ3) is 3.44. The first-order valence-electron chi connectivity index (χ1n) is 12.9. The van der Waals surface area contributed by atoms with Crippen molar-refractivity contribution in [2.24, 2.45) is 5.41 Å². The summed E-state index contributed by atoms with van der Waals surface area (Å²) in [5.74, 6) is 0. The van der Waals surface area contributed by atoms with Gasteiger partial charge in [-0.1, -0.05) is 63.1 Å². The van der Waals surface area contributed by atoms with Crippen molar-refractivity contribution in [2.75, 3.05) is 0 Å². The quantitative estimate of drug-likeness (QED) is 0.299. The van der Waals surface area contributed by atoms with Crippen molar-refractivity contribution in [1.82, 2.24) is 4.98 Å². The van der Waals surface area contributed by atoms with Crippen molar-refractivity contribution in [3.63, 3.8) is 0 Å². The van der Waals surface area contributed by atoms with E-state index >= 15 is 0 Å². The lowest BCUT2D eigenvalue weighted by Crippen LogP contribution is -2.09. The number of nitrogens with zero attached hydrogens (tertiary/aromatic N) is 2. The molecule has 0 N–H and O–H groups in total. The molecule has 3 aromatic carbocycles. The molecular weight excluding hydrogens is 392 g/mol. The molecule has 0 saturated carbocycles. The Morgan fingerprint density at radius 3 is 2.50 bits per heavy atom. The zero-order valence-corrected chi connectivity index (χ0v) is 18.1. The van der Waals surface area contributed by atoms with E-state index in [4.69, 9.17) is 11.3 Å². The molecule has 0 radical (unpaired) electrons. The summed E-state index contributed by atoms with van der Waals surface area (Å²) in [5, 5.41) is 11.6. The number of aromatic nitrogens is 1. The zero-order valence-electron chi connectivity index (χ0n) is 23.1. The Hall–Kier alpha value is -3.90. The lowest BCUT2D eigenvalue weighted by molar-refractivity contribution is 0.412. The number of pyridine rings is 1. The van der Waals surface area contributed by atoms with Gasteiger partial charge in [0, 0.05) is 28.1 Å². The highest BCUT2D eigenvalue weighted by molar-refractivity contribution is 6.15. The SMILES string of the molecule is [2H]c1c([2H])c([2H])c(-c2c(C#N)ccc3c2oc2c(-c4ccccn4)ccc(CC(C)(C)C)c23)c([2H])c1[2H]. The van der Waals surface area contributed by atoms with Crippen molar-refractivity contribution in [3.8, 4) is 28.5 Å². The highest BCUT2D eigenvalue weighted by atomic mass is 16.3. The summed E-state index contributed by atoms with van der Waals surface area (Å²) in [6.07, 6.45) is 2.46. The first-order chi connectivity index (χ1) is 17.5. The Morgan fingerprint density at radius 2 is 1.81 bits per heavy atom. The number of hydrogen-bond donors (Lipinski definition) is 0. The summed E-state index contributed by atoms with van der Waals surface area (Å²) in [7, 11) is 0. The number of nitriles is 1. The molecule has 0 fully saturated rings. The summed E-state index contributed by atoms with van der Waals surface area (Å²) in [5.41, 5.74) is 3.73. The van der Waals surface area contributed by atoms with Crippen molar-refractivity contribution >= 4 is 21.9 Å². The predicted molar refractivity (Wildman–Crippen MR) is 130 cm³/mol. The third-order valence-electron chi connectivity index (χ3n) is 5.41. The second-order valence-corrected chi connectivity index (χ2v) is 9.01. The van der Waals surface area contributed by atoms with Gasteiger partial charge < -0.3 is 4.42 Å². The molecule has 0 unspecified atom stereocenters. The van der Waals surface area contributed by atoms with Gasteiger partial charge in [-0.15, -0.1) is 0 Å². The van der Waals surface area contributed by atoms with Crippen molar-refractivity contribution in [2.45, 2.75) is 27.2 Å². The summed E-state index contributed by atoms with van der Waals surface area (Å²) >= 11 is 0. The van der Waals surface area contributed by atoms with Gasteiger partial charge >= 0.3 is 0 Å². The normalized spacial score (nSPS) is 13.9. The fourth-order valence-corrected chi connectivity index (χ4v) is 4.17. The highest BCUT2D eigenvalue weighted by Crippen LogP contribution is 2.43. The maximum Gasteiger partial charge on any atom is 0.145 e. The van der Waals surface area contributed by atoms with Crippen LogP contribution < -0.4 is 0 Å². The number of rotatable bonds is 3. The molecule has 0 spiro atoms. The Balaban J connectivity index is 1.98. The van der Waals surface area contributed by atoms with Crippen molar-refractivity contribution < 1.29 is 11.3 Å². The topological polar surface area (TPSA) is 49.8 Å². The maximum absolute atomic E-state index is 9.97. The van der Waals surface area contributed by atoms with Crippen molar-refractivity contribution in [1.29, 1.82) is 5.26 Å². The zero-order chi connectivity index (χ0) is 26.6. The highest BCUT2D eigenvalue weighted by Gasteiger charge is 2.23. The minimum atomic E-state index is -0.487. The number of benzene rings is 3. The molecule has 0 aliphatic heterocycles. The minimum absolute atomic E-state index is 0.0225. The van der Waals surface area contributed by atoms with Gasteiger partial charge in [0.05, 0.1) is 24.2 Å². The fraction of sp³-hybridized carbons (Fsp3) is 0.172. The van der Waals surface area contributed by atoms with E-state index in [1.54, 1.807) is 12.3 Å². The van der Waals surface area contributed by atoms with E-state index < -0.39 is 18.1 Å². The second-order valence-electron chi connectivity index (χ2n) is 9.01. The van der Waals surface area contributed by atoms with Crippen LogP contribution in [0.2, 0.25) is 0 Å². The molecule has 0 aliphatic rings. The first kappa shape index (κ1) is 15.0. The summed E-state index contributed by atoms with van der Waals surface area (Å²) < 4.78 is 48.0. The van der Waals surface area contributed by atoms with Crippen LogP contribution in [-0.2, 0) is 6.42 Å². The molecule has 0 amide bonds. The van der Waals surface area contributed by atoms with E-state index in [0.717, 1.165) is 28.6 Å². The van der Waals surface area contributed by atoms with E-state index in [0.29, 0.717) is 16.6 Å². The Bertz CT molecular complexity index is 1720. The van der Waals surface area contributed by atoms with Crippen LogP contribution in [0.15, 0.2) is 83.3 Å². The van der Waals surface area contributed by atoms with E-state index in [1.165, 1.54) is 0 Å². The molecule has 5 rings (SSSR count). The molecule has 3 nitrogen and oxygen atoms in total. The number of furan rings is 1. The predicted octanol–water partition coefficient (Wildman–Crippen LogP) is 7.78. The minimum Gasteiger partial charge on any atom is -0.455 e. The molecule has 156 valence electrons. The van der Waals surface area contributed by atoms with Crippen LogP contribution >= 0.6 is 0 Å². The van der Waals surface area contributed by atoms with Crippen LogP contribution in [0.3, 0.4) is 0 Å². The monoisotopic (exact) mass is 421 g/mol. The van der Waals surface area contributed by atoms with E-state index in [-0.39, 0.29) is 34.2 Å². The Labute approximate surface area is 195 Å². The van der Waals surface area contributed by atoms with Crippen LogP contribution in [0, 0.1) is 16.7 Å². The van der Waals surface area contributed by atoms with Gasteiger partial charge in [-0.25, -0.2) is 0 Å². The van der Waals surface area contributed by atoms with Crippen LogP contribution in [-0.4, -0.2) is 4.98 Å². The summed E-state index contributed by atoms with van der Waals surface area (Å²) in [6.45, 7) is 6.46. The van der Waals surface area contributed by atoms with Gasteiger partial charge in [0.1, 0.15) is 11.2 Å². The van der Waals surface area contributed by atoms with Gasteiger partial charge in [-0.3, -0.25) is 4.98 Å². The van der Waals surface area contributed by atoms with Gasteiger partial charge in [-0.2, -0.15) is 5.26 Å². The van der Waals surface area contributed by atoms with Crippen LogP contribution in [0.5, 0.6) is 0 Å². The maximum atomic E-state index is 9.97. The van der Waals surface area contributed by atoms with Crippen molar-refractivity contribution in [3.05, 3.63) is 90.0 Å². The van der Waals surface area contributed by atoms with Gasteiger partial charge in [0.2, 0.25) is 0 Å². The summed E-state index contributed by atoms with van der Waals surface area (Å²) in [6, 6.07) is 13.1. The molecule has 2 aromatic heterocycles. The van der Waals surface area contributed by atoms with E-state index in [1.807, 2.05) is 30.3 Å². The fourth-order valence-electron chi connectivity index (χ4n) is 4.17. The lowest BCUT2D eigenvalue weighted by atomic mass is 9.85. The molecule has 0 atom stereocenters. The van der Waals surface area contributed by atoms with Gasteiger partial charge in [0.25, 0.3) is 0 Å². The van der Waals surface area contributed by atoms with E-state index in [9.17, 15) is 5.26 Å². The summed E-state index contributed by atoms with van der Waals surface area (Å²) in [4.78, 5) is 4.51. The van der Waals surface area contributed by atoms with Crippen LogP contribution in [0.1, 0.15) is 38.8 Å². The molecule has 0 bridgehead atoms. The third-order valence-corrected chi connectivity index (χ3v) is 5.41. The second kappa shape index (κ2) is 7.66. The smallest absolute Gasteiger partial charge is 0.145 e. The van der Waals surface area contributed by atoms with Gasteiger partial charge in [-0.05, 0) is 53.3 Å².